The van der Waals surface area contributed by atoms with Gasteiger partial charge in [0.25, 0.3) is 0 Å². The molecule has 1 aromatic carbocycles. The van der Waals surface area contributed by atoms with Crippen molar-refractivity contribution < 1.29 is 8.42 Å². The summed E-state index contributed by atoms with van der Waals surface area (Å²) in [7, 11) is -1.12. The highest BCUT2D eigenvalue weighted by molar-refractivity contribution is 7.88. The van der Waals surface area contributed by atoms with Gasteiger partial charge in [0.05, 0.1) is 6.26 Å². The van der Waals surface area contributed by atoms with Gasteiger partial charge in [-0.15, -0.1) is 0 Å². The van der Waals surface area contributed by atoms with Gasteiger partial charge in [0.2, 0.25) is 10.0 Å². The first-order valence-electron chi connectivity index (χ1n) is 6.89. The molecular weight excluding hydrogens is 274 g/mol. The zero-order valence-electron chi connectivity index (χ0n) is 12.3. The first-order chi connectivity index (χ1) is 9.43. The van der Waals surface area contributed by atoms with Gasteiger partial charge in [-0.1, -0.05) is 18.2 Å². The second kappa shape index (κ2) is 6.11. The molecule has 0 radical (unpaired) electrons. The average molecular weight is 297 g/mol. The Balaban J connectivity index is 2.15. The van der Waals surface area contributed by atoms with Gasteiger partial charge >= 0.3 is 0 Å². The minimum Gasteiger partial charge on any atom is -0.369 e. The van der Waals surface area contributed by atoms with Crippen LogP contribution in [0.5, 0.6) is 0 Å². The average Bonchev–Trinajstić information content (AvgIpc) is 2.45. The van der Waals surface area contributed by atoms with Crippen LogP contribution in [0.25, 0.3) is 0 Å². The van der Waals surface area contributed by atoms with Gasteiger partial charge in [0.15, 0.2) is 0 Å². The molecule has 6 heteroatoms. The predicted octanol–water partition coefficient (Wildman–Crippen LogP) is 1.05. The van der Waals surface area contributed by atoms with Crippen molar-refractivity contribution in [3.05, 3.63) is 29.8 Å². The Hall–Kier alpha value is -1.11. The fourth-order valence-electron chi connectivity index (χ4n) is 2.56. The van der Waals surface area contributed by atoms with Crippen LogP contribution in [0.1, 0.15) is 18.5 Å². The highest BCUT2D eigenvalue weighted by Gasteiger charge is 2.24. The van der Waals surface area contributed by atoms with Gasteiger partial charge in [0.1, 0.15) is 0 Å². The Morgan fingerprint density at radius 3 is 2.30 bits per heavy atom. The summed E-state index contributed by atoms with van der Waals surface area (Å²) in [5, 5.41) is 3.26. The lowest BCUT2D eigenvalue weighted by molar-refractivity contribution is 0.387. The molecule has 0 saturated carbocycles. The van der Waals surface area contributed by atoms with Crippen molar-refractivity contribution in [2.24, 2.45) is 0 Å². The summed E-state index contributed by atoms with van der Waals surface area (Å²) in [6.07, 6.45) is 1.28. The van der Waals surface area contributed by atoms with E-state index in [9.17, 15) is 8.42 Å². The zero-order chi connectivity index (χ0) is 14.8. The van der Waals surface area contributed by atoms with Crippen LogP contribution in [0.4, 0.5) is 5.69 Å². The third-order valence-electron chi connectivity index (χ3n) is 3.88. The SMILES string of the molecule is CNC(C)c1ccccc1N1CCN(S(C)(=O)=O)CC1. The molecule has 0 spiro atoms. The Labute approximate surface area is 121 Å². The van der Waals surface area contributed by atoms with Crippen molar-refractivity contribution in [1.82, 2.24) is 9.62 Å². The van der Waals surface area contributed by atoms with Crippen molar-refractivity contribution >= 4 is 15.7 Å². The van der Waals surface area contributed by atoms with Crippen LogP contribution in [-0.2, 0) is 10.0 Å². The molecule has 1 aliphatic rings. The van der Waals surface area contributed by atoms with Crippen molar-refractivity contribution in [1.29, 1.82) is 0 Å². The fraction of sp³-hybridized carbons (Fsp3) is 0.571. The number of anilines is 1. The maximum absolute atomic E-state index is 11.5. The number of rotatable bonds is 4. The predicted molar refractivity (Wildman–Crippen MR) is 82.5 cm³/mol. The lowest BCUT2D eigenvalue weighted by atomic mass is 10.0. The second-order valence-corrected chi connectivity index (χ2v) is 7.20. The minimum atomic E-state index is -3.07. The van der Waals surface area contributed by atoms with E-state index in [1.165, 1.54) is 17.5 Å². The molecule has 1 aromatic rings. The first kappa shape index (κ1) is 15.3. The smallest absolute Gasteiger partial charge is 0.211 e. The van der Waals surface area contributed by atoms with Crippen LogP contribution in [0.2, 0.25) is 0 Å². The molecular formula is C14H23N3O2S. The van der Waals surface area contributed by atoms with E-state index in [1.807, 2.05) is 19.2 Å². The lowest BCUT2D eigenvalue weighted by Crippen LogP contribution is -2.48. The van der Waals surface area contributed by atoms with E-state index in [1.54, 1.807) is 4.31 Å². The van der Waals surface area contributed by atoms with E-state index < -0.39 is 10.0 Å². The summed E-state index contributed by atoms with van der Waals surface area (Å²) >= 11 is 0. The number of hydrogen-bond acceptors (Lipinski definition) is 4. The molecule has 1 fully saturated rings. The number of nitrogens with one attached hydrogen (secondary N) is 1. The molecule has 1 heterocycles. The number of para-hydroxylation sites is 1. The molecule has 1 aliphatic heterocycles. The molecule has 20 heavy (non-hydrogen) atoms. The van der Waals surface area contributed by atoms with Crippen LogP contribution in [0.15, 0.2) is 24.3 Å². The monoisotopic (exact) mass is 297 g/mol. The number of nitrogens with zero attached hydrogens (tertiary/aromatic N) is 2. The largest absolute Gasteiger partial charge is 0.369 e. The van der Waals surface area contributed by atoms with E-state index in [0.717, 1.165) is 13.1 Å². The first-order valence-corrected chi connectivity index (χ1v) is 8.74. The van der Waals surface area contributed by atoms with Gasteiger partial charge in [0, 0.05) is 37.9 Å². The quantitative estimate of drug-likeness (QED) is 0.902. The summed E-state index contributed by atoms with van der Waals surface area (Å²) in [5.41, 5.74) is 2.45. The molecule has 1 unspecified atom stereocenters. The molecule has 0 bridgehead atoms. The van der Waals surface area contributed by atoms with Crippen molar-refractivity contribution in [2.75, 3.05) is 44.4 Å². The normalized spacial score (nSPS) is 19.1. The van der Waals surface area contributed by atoms with Crippen LogP contribution in [0, 0.1) is 0 Å². The lowest BCUT2D eigenvalue weighted by Gasteiger charge is -2.36. The van der Waals surface area contributed by atoms with Crippen molar-refractivity contribution in [3.8, 4) is 0 Å². The number of sulfonamides is 1. The van der Waals surface area contributed by atoms with Crippen LogP contribution in [-0.4, -0.2) is 52.2 Å². The molecule has 1 N–H and O–H groups in total. The second-order valence-electron chi connectivity index (χ2n) is 5.22. The van der Waals surface area contributed by atoms with Crippen molar-refractivity contribution in [2.45, 2.75) is 13.0 Å². The van der Waals surface area contributed by atoms with E-state index in [0.29, 0.717) is 13.1 Å². The summed E-state index contributed by atoms with van der Waals surface area (Å²) in [6.45, 7) is 4.72. The topological polar surface area (TPSA) is 52.6 Å². The highest BCUT2D eigenvalue weighted by Crippen LogP contribution is 2.27. The van der Waals surface area contributed by atoms with Gasteiger partial charge in [-0.3, -0.25) is 0 Å². The number of piperazine rings is 1. The maximum atomic E-state index is 11.5. The van der Waals surface area contributed by atoms with E-state index in [2.05, 4.69) is 29.3 Å². The standard InChI is InChI=1S/C14H23N3O2S/c1-12(15-2)13-6-4-5-7-14(13)16-8-10-17(11-9-16)20(3,18)19/h4-7,12,15H,8-11H2,1-3H3. The third-order valence-corrected chi connectivity index (χ3v) is 5.19. The number of hydrogen-bond donors (Lipinski definition) is 1. The molecule has 112 valence electrons. The van der Waals surface area contributed by atoms with Gasteiger partial charge < -0.3 is 10.2 Å². The summed E-state index contributed by atoms with van der Waals surface area (Å²) in [6, 6.07) is 8.58. The van der Waals surface area contributed by atoms with Gasteiger partial charge in [-0.25, -0.2) is 8.42 Å². The maximum Gasteiger partial charge on any atom is 0.211 e. The third kappa shape index (κ3) is 3.31. The minimum absolute atomic E-state index is 0.277. The highest BCUT2D eigenvalue weighted by atomic mass is 32.2. The summed E-state index contributed by atoms with van der Waals surface area (Å²) in [5.74, 6) is 0. The summed E-state index contributed by atoms with van der Waals surface area (Å²) < 4.78 is 24.6. The van der Waals surface area contributed by atoms with Crippen LogP contribution < -0.4 is 10.2 Å². The van der Waals surface area contributed by atoms with Crippen LogP contribution >= 0.6 is 0 Å². The Kier molecular flexibility index (Phi) is 4.67. The molecule has 5 nitrogen and oxygen atoms in total. The molecule has 0 aliphatic carbocycles. The summed E-state index contributed by atoms with van der Waals surface area (Å²) in [4.78, 5) is 2.27. The van der Waals surface area contributed by atoms with E-state index in [-0.39, 0.29) is 6.04 Å². The molecule has 1 saturated heterocycles. The van der Waals surface area contributed by atoms with E-state index >= 15 is 0 Å². The van der Waals surface area contributed by atoms with Gasteiger partial charge in [-0.05, 0) is 25.6 Å². The van der Waals surface area contributed by atoms with Gasteiger partial charge in [-0.2, -0.15) is 4.31 Å². The Bertz CT molecular complexity index is 551. The van der Waals surface area contributed by atoms with Crippen molar-refractivity contribution in [3.63, 3.8) is 0 Å². The van der Waals surface area contributed by atoms with E-state index in [4.69, 9.17) is 0 Å². The Morgan fingerprint density at radius 2 is 1.75 bits per heavy atom. The molecule has 0 aromatic heterocycles. The zero-order valence-corrected chi connectivity index (χ0v) is 13.2. The fourth-order valence-corrected chi connectivity index (χ4v) is 3.38. The number of benzene rings is 1. The molecule has 2 rings (SSSR count). The molecule has 0 amide bonds. The Morgan fingerprint density at radius 1 is 1.15 bits per heavy atom. The van der Waals surface area contributed by atoms with Crippen LogP contribution in [0.3, 0.4) is 0 Å². The molecule has 1 atom stereocenters.